The summed E-state index contributed by atoms with van der Waals surface area (Å²) in [6.45, 7) is 0.986. The third-order valence-corrected chi connectivity index (χ3v) is 2.91. The Hall–Kier alpha value is -2.36. The maximum Gasteiger partial charge on any atom is 0.193 e. The molecule has 4 heteroatoms. The van der Waals surface area contributed by atoms with Crippen LogP contribution in [-0.4, -0.2) is 19.0 Å². The summed E-state index contributed by atoms with van der Waals surface area (Å²) in [5.41, 5.74) is 0.939. The van der Waals surface area contributed by atoms with Gasteiger partial charge in [-0.25, -0.2) is 4.39 Å². The van der Waals surface area contributed by atoms with Crippen molar-refractivity contribution in [2.75, 3.05) is 13.2 Å². The number of carbonyl (C=O) groups is 1. The van der Waals surface area contributed by atoms with Crippen LogP contribution in [0.15, 0.2) is 42.5 Å². The highest BCUT2D eigenvalue weighted by Gasteiger charge is 2.15. The first-order valence-corrected chi connectivity index (χ1v) is 5.94. The van der Waals surface area contributed by atoms with Crippen molar-refractivity contribution in [3.63, 3.8) is 0 Å². The van der Waals surface area contributed by atoms with Crippen LogP contribution in [0, 0.1) is 5.82 Å². The Kier molecular flexibility index (Phi) is 2.91. The van der Waals surface area contributed by atoms with E-state index in [1.54, 1.807) is 18.2 Å². The summed E-state index contributed by atoms with van der Waals surface area (Å²) in [6.07, 6.45) is 0. The van der Waals surface area contributed by atoms with Crippen LogP contribution in [0.4, 0.5) is 4.39 Å². The summed E-state index contributed by atoms with van der Waals surface area (Å²) in [5.74, 6) is 0.678. The van der Waals surface area contributed by atoms with Crippen molar-refractivity contribution in [1.29, 1.82) is 0 Å². The Morgan fingerprint density at radius 3 is 2.26 bits per heavy atom. The number of rotatable bonds is 2. The van der Waals surface area contributed by atoms with Gasteiger partial charge in [-0.3, -0.25) is 4.79 Å². The first kappa shape index (κ1) is 11.7. The van der Waals surface area contributed by atoms with Crippen LogP contribution >= 0.6 is 0 Å². The van der Waals surface area contributed by atoms with E-state index < -0.39 is 0 Å². The third-order valence-electron chi connectivity index (χ3n) is 2.91. The SMILES string of the molecule is O=C(c1ccc(F)cc1)c1ccc2c(c1)OCCO2. The number of fused-ring (bicyclic) bond motifs is 1. The van der Waals surface area contributed by atoms with Crippen molar-refractivity contribution in [3.05, 3.63) is 59.4 Å². The molecule has 0 aromatic heterocycles. The lowest BCUT2D eigenvalue weighted by atomic mass is 10.0. The van der Waals surface area contributed by atoms with Gasteiger partial charge in [-0.2, -0.15) is 0 Å². The number of hydrogen-bond acceptors (Lipinski definition) is 3. The largest absolute Gasteiger partial charge is 0.486 e. The zero-order valence-corrected chi connectivity index (χ0v) is 10.1. The summed E-state index contributed by atoms with van der Waals surface area (Å²) >= 11 is 0. The Morgan fingerprint density at radius 2 is 1.53 bits per heavy atom. The zero-order chi connectivity index (χ0) is 13.2. The fourth-order valence-corrected chi connectivity index (χ4v) is 1.95. The van der Waals surface area contributed by atoms with Gasteiger partial charge in [0.2, 0.25) is 0 Å². The highest BCUT2D eigenvalue weighted by molar-refractivity contribution is 6.09. The normalized spacial score (nSPS) is 13.1. The van der Waals surface area contributed by atoms with Crippen molar-refractivity contribution in [1.82, 2.24) is 0 Å². The van der Waals surface area contributed by atoms with Gasteiger partial charge in [-0.1, -0.05) is 0 Å². The number of carbonyl (C=O) groups excluding carboxylic acids is 1. The molecule has 3 nitrogen and oxygen atoms in total. The fraction of sp³-hybridized carbons (Fsp3) is 0.133. The van der Waals surface area contributed by atoms with Gasteiger partial charge < -0.3 is 9.47 Å². The maximum atomic E-state index is 12.8. The molecule has 1 aliphatic heterocycles. The van der Waals surface area contributed by atoms with Crippen molar-refractivity contribution < 1.29 is 18.7 Å². The average Bonchev–Trinajstić information content (AvgIpc) is 2.47. The third kappa shape index (κ3) is 2.29. The molecule has 0 unspecified atom stereocenters. The van der Waals surface area contributed by atoms with Gasteiger partial charge in [0.25, 0.3) is 0 Å². The van der Waals surface area contributed by atoms with Crippen molar-refractivity contribution >= 4 is 5.78 Å². The molecule has 0 radical (unpaired) electrons. The number of hydrogen-bond donors (Lipinski definition) is 0. The van der Waals surface area contributed by atoms with E-state index in [1.165, 1.54) is 24.3 Å². The first-order valence-electron chi connectivity index (χ1n) is 5.94. The van der Waals surface area contributed by atoms with E-state index in [0.717, 1.165) is 0 Å². The molecular weight excluding hydrogens is 247 g/mol. The lowest BCUT2D eigenvalue weighted by Gasteiger charge is -2.18. The molecule has 96 valence electrons. The number of halogens is 1. The van der Waals surface area contributed by atoms with E-state index >= 15 is 0 Å². The van der Waals surface area contributed by atoms with Crippen LogP contribution < -0.4 is 9.47 Å². The molecule has 0 saturated heterocycles. The van der Waals surface area contributed by atoms with E-state index in [4.69, 9.17) is 9.47 Å². The molecule has 0 spiro atoms. The van der Waals surface area contributed by atoms with Gasteiger partial charge in [0.15, 0.2) is 17.3 Å². The second-order valence-corrected chi connectivity index (χ2v) is 4.19. The topological polar surface area (TPSA) is 35.5 Å². The summed E-state index contributed by atoms with van der Waals surface area (Å²) in [7, 11) is 0. The van der Waals surface area contributed by atoms with Gasteiger partial charge in [0.05, 0.1) is 0 Å². The molecule has 0 bridgehead atoms. The summed E-state index contributed by atoms with van der Waals surface area (Å²) in [5, 5.41) is 0. The van der Waals surface area contributed by atoms with E-state index in [9.17, 15) is 9.18 Å². The smallest absolute Gasteiger partial charge is 0.193 e. The van der Waals surface area contributed by atoms with E-state index in [2.05, 4.69) is 0 Å². The van der Waals surface area contributed by atoms with Crippen LogP contribution in [-0.2, 0) is 0 Å². The first-order chi connectivity index (χ1) is 9.24. The van der Waals surface area contributed by atoms with Crippen LogP contribution in [0.1, 0.15) is 15.9 Å². The molecule has 19 heavy (non-hydrogen) atoms. The molecule has 1 heterocycles. The maximum absolute atomic E-state index is 12.8. The molecule has 0 amide bonds. The molecule has 1 aliphatic rings. The minimum Gasteiger partial charge on any atom is -0.486 e. The lowest BCUT2D eigenvalue weighted by molar-refractivity contribution is 0.103. The van der Waals surface area contributed by atoms with Crippen molar-refractivity contribution in [2.24, 2.45) is 0 Å². The van der Waals surface area contributed by atoms with E-state index in [0.29, 0.717) is 35.8 Å². The second-order valence-electron chi connectivity index (χ2n) is 4.19. The molecule has 0 N–H and O–H groups in total. The van der Waals surface area contributed by atoms with Crippen LogP contribution in [0.2, 0.25) is 0 Å². The highest BCUT2D eigenvalue weighted by atomic mass is 19.1. The fourth-order valence-electron chi connectivity index (χ4n) is 1.95. The number of ketones is 1. The summed E-state index contributed by atoms with van der Waals surface area (Å²) in [4.78, 5) is 12.2. The van der Waals surface area contributed by atoms with E-state index in [-0.39, 0.29) is 11.6 Å². The zero-order valence-electron chi connectivity index (χ0n) is 10.1. The Balaban J connectivity index is 1.93. The van der Waals surface area contributed by atoms with Crippen molar-refractivity contribution in [2.45, 2.75) is 0 Å². The lowest BCUT2D eigenvalue weighted by Crippen LogP contribution is -2.15. The number of ether oxygens (including phenoxy) is 2. The van der Waals surface area contributed by atoms with Gasteiger partial charge in [-0.05, 0) is 42.5 Å². The Morgan fingerprint density at radius 1 is 0.895 bits per heavy atom. The van der Waals surface area contributed by atoms with Gasteiger partial charge in [0, 0.05) is 11.1 Å². The summed E-state index contributed by atoms with van der Waals surface area (Å²) < 4.78 is 23.7. The minimum absolute atomic E-state index is 0.169. The predicted molar refractivity (Wildman–Crippen MR) is 67.3 cm³/mol. The van der Waals surface area contributed by atoms with Gasteiger partial charge in [0.1, 0.15) is 19.0 Å². The number of benzene rings is 2. The van der Waals surface area contributed by atoms with E-state index in [1.807, 2.05) is 0 Å². The molecule has 2 aromatic carbocycles. The molecular formula is C15H11FO3. The minimum atomic E-state index is -0.362. The Bertz CT molecular complexity index is 620. The quantitative estimate of drug-likeness (QED) is 0.777. The average molecular weight is 258 g/mol. The van der Waals surface area contributed by atoms with Crippen LogP contribution in [0.5, 0.6) is 11.5 Å². The molecule has 0 saturated carbocycles. The van der Waals surface area contributed by atoms with Crippen molar-refractivity contribution in [3.8, 4) is 11.5 Å². The standard InChI is InChI=1S/C15H11FO3/c16-12-4-1-10(2-5-12)15(17)11-3-6-13-14(9-11)19-8-7-18-13/h1-6,9H,7-8H2. The molecule has 0 atom stereocenters. The van der Waals surface area contributed by atoms with Crippen LogP contribution in [0.25, 0.3) is 0 Å². The van der Waals surface area contributed by atoms with Crippen LogP contribution in [0.3, 0.4) is 0 Å². The predicted octanol–water partition coefficient (Wildman–Crippen LogP) is 2.83. The Labute approximate surface area is 109 Å². The molecule has 2 aromatic rings. The second kappa shape index (κ2) is 4.72. The molecule has 0 aliphatic carbocycles. The van der Waals surface area contributed by atoms with Gasteiger partial charge in [-0.15, -0.1) is 0 Å². The van der Waals surface area contributed by atoms with Gasteiger partial charge >= 0.3 is 0 Å². The highest BCUT2D eigenvalue weighted by Crippen LogP contribution is 2.31. The molecule has 3 rings (SSSR count). The molecule has 0 fully saturated rings. The monoisotopic (exact) mass is 258 g/mol. The summed E-state index contributed by atoms with van der Waals surface area (Å²) in [6, 6.07) is 10.5.